The van der Waals surface area contributed by atoms with Gasteiger partial charge in [-0.3, -0.25) is 5.01 Å². The lowest BCUT2D eigenvalue weighted by Gasteiger charge is -2.42. The van der Waals surface area contributed by atoms with Gasteiger partial charge in [-0.15, -0.1) is 0 Å². The Labute approximate surface area is 172 Å². The standard InChI is InChI=1S/C22H31ClN2OS/c1-4-11-24(21(16-5-6-16)17-7-8-17)25-13-14(2)27-22(25)19-10-9-18(15(3)26)12-20(19)23/h9-10,12-13,15-17,21-22,26H,4-8,11H2,1-3H3. The molecule has 1 aromatic rings. The van der Waals surface area contributed by atoms with E-state index in [9.17, 15) is 5.11 Å². The molecule has 3 nitrogen and oxygen atoms in total. The lowest BCUT2D eigenvalue weighted by atomic mass is 10.1. The third kappa shape index (κ3) is 4.19. The van der Waals surface area contributed by atoms with Gasteiger partial charge in [0.05, 0.1) is 6.10 Å². The number of hydrazine groups is 1. The average molecular weight is 407 g/mol. The highest BCUT2D eigenvalue weighted by molar-refractivity contribution is 8.03. The molecule has 0 amide bonds. The normalized spacial score (nSPS) is 24.0. The summed E-state index contributed by atoms with van der Waals surface area (Å²) in [5.41, 5.74) is 2.02. The molecular weight excluding hydrogens is 376 g/mol. The van der Waals surface area contributed by atoms with Crippen LogP contribution in [0.25, 0.3) is 0 Å². The van der Waals surface area contributed by atoms with E-state index in [0.717, 1.165) is 41.0 Å². The molecule has 1 aliphatic heterocycles. The van der Waals surface area contributed by atoms with E-state index in [4.69, 9.17) is 11.6 Å². The Morgan fingerprint density at radius 3 is 2.44 bits per heavy atom. The molecule has 1 aromatic carbocycles. The van der Waals surface area contributed by atoms with Crippen LogP contribution in [0.4, 0.5) is 0 Å². The SMILES string of the molecule is CCCN(C(C1CC1)C1CC1)N1C=C(C)SC1c1ccc(C(C)O)cc1Cl. The number of halogens is 1. The molecule has 2 aliphatic carbocycles. The Balaban J connectivity index is 1.64. The molecule has 2 unspecified atom stereocenters. The zero-order valence-electron chi connectivity index (χ0n) is 16.6. The molecule has 0 saturated heterocycles. The van der Waals surface area contributed by atoms with E-state index in [1.807, 2.05) is 23.9 Å². The van der Waals surface area contributed by atoms with Gasteiger partial charge in [-0.25, -0.2) is 5.01 Å². The van der Waals surface area contributed by atoms with Gasteiger partial charge in [-0.1, -0.05) is 42.4 Å². The molecule has 4 rings (SSSR count). The minimum Gasteiger partial charge on any atom is -0.389 e. The number of benzene rings is 1. The van der Waals surface area contributed by atoms with Gasteiger partial charge >= 0.3 is 0 Å². The van der Waals surface area contributed by atoms with Gasteiger partial charge in [-0.2, -0.15) is 0 Å². The molecule has 0 bridgehead atoms. The van der Waals surface area contributed by atoms with Crippen molar-refractivity contribution in [2.24, 2.45) is 11.8 Å². The quantitative estimate of drug-likeness (QED) is 0.562. The predicted octanol–water partition coefficient (Wildman–Crippen LogP) is 6.12. The van der Waals surface area contributed by atoms with Gasteiger partial charge in [0.2, 0.25) is 0 Å². The maximum atomic E-state index is 9.87. The van der Waals surface area contributed by atoms with Crippen LogP contribution in [-0.2, 0) is 0 Å². The summed E-state index contributed by atoms with van der Waals surface area (Å²) in [5.74, 6) is 1.74. The molecule has 2 fully saturated rings. The second-order valence-corrected chi connectivity index (χ2v) is 10.1. The molecule has 0 spiro atoms. The highest BCUT2D eigenvalue weighted by Gasteiger charge is 2.47. The van der Waals surface area contributed by atoms with E-state index in [1.165, 1.54) is 30.6 Å². The van der Waals surface area contributed by atoms with Gasteiger partial charge in [0, 0.05) is 34.3 Å². The summed E-state index contributed by atoms with van der Waals surface area (Å²) in [4.78, 5) is 1.34. The molecule has 0 aromatic heterocycles. The van der Waals surface area contributed by atoms with E-state index in [0.29, 0.717) is 6.04 Å². The van der Waals surface area contributed by atoms with Crippen LogP contribution in [0.3, 0.4) is 0 Å². The number of rotatable bonds is 8. The number of hydrogen-bond acceptors (Lipinski definition) is 4. The lowest BCUT2D eigenvalue weighted by Crippen LogP contribution is -2.48. The fraction of sp³-hybridized carbons (Fsp3) is 0.636. The van der Waals surface area contributed by atoms with Crippen molar-refractivity contribution in [3.05, 3.63) is 45.5 Å². The average Bonchev–Trinajstić information content (AvgIpc) is 3.54. The fourth-order valence-corrected chi connectivity index (χ4v) is 5.83. The third-order valence-corrected chi connectivity index (χ3v) is 7.43. The maximum Gasteiger partial charge on any atom is 0.121 e. The van der Waals surface area contributed by atoms with Crippen LogP contribution in [0.1, 0.15) is 75.5 Å². The van der Waals surface area contributed by atoms with Crippen molar-refractivity contribution in [2.75, 3.05) is 6.54 Å². The van der Waals surface area contributed by atoms with Crippen molar-refractivity contribution in [1.29, 1.82) is 0 Å². The minimum absolute atomic E-state index is 0.187. The molecule has 5 heteroatoms. The van der Waals surface area contributed by atoms with Crippen molar-refractivity contribution < 1.29 is 5.11 Å². The van der Waals surface area contributed by atoms with E-state index in [-0.39, 0.29) is 5.37 Å². The van der Waals surface area contributed by atoms with Crippen LogP contribution in [-0.4, -0.2) is 27.7 Å². The van der Waals surface area contributed by atoms with E-state index < -0.39 is 6.10 Å². The smallest absolute Gasteiger partial charge is 0.121 e. The third-order valence-electron chi connectivity index (χ3n) is 5.93. The summed E-state index contributed by atoms with van der Waals surface area (Å²) in [5, 5.41) is 16.0. The fourth-order valence-electron chi connectivity index (χ4n) is 4.33. The van der Waals surface area contributed by atoms with Gasteiger partial charge < -0.3 is 5.11 Å². The van der Waals surface area contributed by atoms with Crippen molar-refractivity contribution >= 4 is 23.4 Å². The summed E-state index contributed by atoms with van der Waals surface area (Å²) >= 11 is 8.57. The largest absolute Gasteiger partial charge is 0.389 e. The lowest BCUT2D eigenvalue weighted by molar-refractivity contribution is -0.0444. The number of allylic oxidation sites excluding steroid dienone is 1. The van der Waals surface area contributed by atoms with Crippen LogP contribution in [0.5, 0.6) is 0 Å². The molecular formula is C22H31ClN2OS. The van der Waals surface area contributed by atoms with Gasteiger partial charge in [0.15, 0.2) is 0 Å². The first-order valence-corrected chi connectivity index (χ1v) is 11.6. The number of thioether (sulfide) groups is 1. The van der Waals surface area contributed by atoms with E-state index >= 15 is 0 Å². The summed E-state index contributed by atoms with van der Waals surface area (Å²) in [6.07, 6.45) is 8.54. The number of aliphatic hydroxyl groups is 1. The topological polar surface area (TPSA) is 26.7 Å². The molecule has 1 heterocycles. The predicted molar refractivity (Wildman–Crippen MR) is 114 cm³/mol. The van der Waals surface area contributed by atoms with E-state index in [1.54, 1.807) is 6.92 Å². The van der Waals surface area contributed by atoms with Crippen molar-refractivity contribution in [3.63, 3.8) is 0 Å². The Morgan fingerprint density at radius 1 is 1.26 bits per heavy atom. The Kier molecular flexibility index (Phi) is 5.80. The minimum atomic E-state index is -0.491. The zero-order chi connectivity index (χ0) is 19.1. The molecule has 27 heavy (non-hydrogen) atoms. The van der Waals surface area contributed by atoms with Crippen molar-refractivity contribution in [3.8, 4) is 0 Å². The van der Waals surface area contributed by atoms with Crippen molar-refractivity contribution in [1.82, 2.24) is 10.0 Å². The summed E-state index contributed by atoms with van der Waals surface area (Å²) in [6.45, 7) is 7.36. The number of nitrogens with zero attached hydrogens (tertiary/aromatic N) is 2. The monoisotopic (exact) mass is 406 g/mol. The van der Waals surface area contributed by atoms with Gasteiger partial charge in [-0.05, 0) is 69.4 Å². The van der Waals surface area contributed by atoms with Crippen molar-refractivity contribution in [2.45, 2.75) is 70.4 Å². The highest BCUT2D eigenvalue weighted by Crippen LogP contribution is 2.52. The second kappa shape index (κ2) is 7.98. The van der Waals surface area contributed by atoms with Crippen LogP contribution in [0.15, 0.2) is 29.3 Å². The molecule has 2 atom stereocenters. The zero-order valence-corrected chi connectivity index (χ0v) is 18.1. The molecule has 3 aliphatic rings. The second-order valence-electron chi connectivity index (χ2n) is 8.38. The van der Waals surface area contributed by atoms with Crippen LogP contribution in [0.2, 0.25) is 5.02 Å². The molecule has 0 radical (unpaired) electrons. The molecule has 2 saturated carbocycles. The molecule has 148 valence electrons. The summed E-state index contributed by atoms with van der Waals surface area (Å²) in [7, 11) is 0. The Morgan fingerprint density at radius 2 is 1.93 bits per heavy atom. The molecule has 1 N–H and O–H groups in total. The number of hydrogen-bond donors (Lipinski definition) is 1. The van der Waals surface area contributed by atoms with Gasteiger partial charge in [0.1, 0.15) is 5.37 Å². The highest BCUT2D eigenvalue weighted by atomic mass is 35.5. The first-order valence-electron chi connectivity index (χ1n) is 10.4. The summed E-state index contributed by atoms with van der Waals surface area (Å²) < 4.78 is 0. The van der Waals surface area contributed by atoms with Crippen LogP contribution >= 0.6 is 23.4 Å². The number of aliphatic hydroxyl groups excluding tert-OH is 1. The Hall–Kier alpha value is -0.680. The van der Waals surface area contributed by atoms with E-state index in [2.05, 4.69) is 36.1 Å². The van der Waals surface area contributed by atoms with Crippen LogP contribution < -0.4 is 0 Å². The summed E-state index contributed by atoms with van der Waals surface area (Å²) in [6, 6.07) is 6.74. The van der Waals surface area contributed by atoms with Crippen LogP contribution in [0, 0.1) is 11.8 Å². The van der Waals surface area contributed by atoms with Gasteiger partial charge in [0.25, 0.3) is 0 Å². The first-order chi connectivity index (χ1) is 13.0. The maximum absolute atomic E-state index is 9.87. The Bertz CT molecular complexity index is 702. The first kappa shape index (κ1) is 19.6.